The minimum Gasteiger partial charge on any atom is -0.317 e. The van der Waals surface area contributed by atoms with E-state index in [1.54, 1.807) is 0 Å². The molecule has 1 aromatic heterocycles. The number of halogens is 1. The Morgan fingerprint density at radius 2 is 2.19 bits per heavy atom. The van der Waals surface area contributed by atoms with Crippen molar-refractivity contribution in [2.75, 3.05) is 20.1 Å². The number of aromatic nitrogens is 1. The van der Waals surface area contributed by atoms with Gasteiger partial charge in [-0.05, 0) is 60.5 Å². The summed E-state index contributed by atoms with van der Waals surface area (Å²) in [5.41, 5.74) is 1.27. The SMILES string of the molecule is CN(Cc1cncc(Br)c1)C1CCNCC1. The van der Waals surface area contributed by atoms with Gasteiger partial charge in [0.2, 0.25) is 0 Å². The molecule has 0 saturated carbocycles. The summed E-state index contributed by atoms with van der Waals surface area (Å²) in [6.45, 7) is 3.27. The molecular formula is C12H18BrN3. The molecule has 16 heavy (non-hydrogen) atoms. The molecule has 0 spiro atoms. The Morgan fingerprint density at radius 3 is 2.88 bits per heavy atom. The second-order valence-corrected chi connectivity index (χ2v) is 5.32. The highest BCUT2D eigenvalue weighted by Gasteiger charge is 2.17. The topological polar surface area (TPSA) is 28.2 Å². The summed E-state index contributed by atoms with van der Waals surface area (Å²) in [6, 6.07) is 2.85. The lowest BCUT2D eigenvalue weighted by atomic mass is 10.0. The molecule has 0 aromatic carbocycles. The average Bonchev–Trinajstić information content (AvgIpc) is 2.30. The maximum absolute atomic E-state index is 4.20. The van der Waals surface area contributed by atoms with Crippen molar-refractivity contribution >= 4 is 15.9 Å². The molecule has 0 bridgehead atoms. The van der Waals surface area contributed by atoms with Crippen LogP contribution in [-0.2, 0) is 6.54 Å². The van der Waals surface area contributed by atoms with Gasteiger partial charge >= 0.3 is 0 Å². The molecule has 1 N–H and O–H groups in total. The first-order chi connectivity index (χ1) is 7.75. The number of piperidine rings is 1. The summed E-state index contributed by atoms with van der Waals surface area (Å²) in [5, 5.41) is 3.40. The predicted octanol–water partition coefficient (Wildman–Crippen LogP) is 2.03. The molecule has 1 saturated heterocycles. The highest BCUT2D eigenvalue weighted by molar-refractivity contribution is 9.10. The number of nitrogens with one attached hydrogen (secondary N) is 1. The van der Waals surface area contributed by atoms with Crippen LogP contribution >= 0.6 is 15.9 Å². The molecule has 1 fully saturated rings. The van der Waals surface area contributed by atoms with E-state index in [1.807, 2.05) is 12.4 Å². The van der Waals surface area contributed by atoms with Crippen molar-refractivity contribution in [2.24, 2.45) is 0 Å². The van der Waals surface area contributed by atoms with E-state index in [0.29, 0.717) is 6.04 Å². The Bertz CT molecular complexity index is 337. The smallest absolute Gasteiger partial charge is 0.0410 e. The summed E-state index contributed by atoms with van der Waals surface area (Å²) in [6.07, 6.45) is 6.27. The zero-order chi connectivity index (χ0) is 11.4. The van der Waals surface area contributed by atoms with Gasteiger partial charge in [0.05, 0.1) is 0 Å². The van der Waals surface area contributed by atoms with E-state index in [1.165, 1.54) is 18.4 Å². The fraction of sp³-hybridized carbons (Fsp3) is 0.583. The van der Waals surface area contributed by atoms with Gasteiger partial charge in [0.15, 0.2) is 0 Å². The minimum atomic E-state index is 0.709. The first kappa shape index (κ1) is 12.0. The van der Waals surface area contributed by atoms with E-state index < -0.39 is 0 Å². The molecule has 0 amide bonds. The van der Waals surface area contributed by atoms with Crippen molar-refractivity contribution in [3.63, 3.8) is 0 Å². The van der Waals surface area contributed by atoms with Crippen LogP contribution in [0.2, 0.25) is 0 Å². The molecule has 2 heterocycles. The van der Waals surface area contributed by atoms with E-state index in [9.17, 15) is 0 Å². The number of hydrogen-bond donors (Lipinski definition) is 1. The van der Waals surface area contributed by atoms with Crippen molar-refractivity contribution in [2.45, 2.75) is 25.4 Å². The van der Waals surface area contributed by atoms with Gasteiger partial charge in [-0.1, -0.05) is 0 Å². The Kier molecular flexibility index (Phi) is 4.32. The number of rotatable bonds is 3. The quantitative estimate of drug-likeness (QED) is 0.920. The standard InChI is InChI=1S/C12H18BrN3/c1-16(12-2-4-14-5-3-12)9-10-6-11(13)8-15-7-10/h6-8,12,14H,2-5,9H2,1H3. The summed E-state index contributed by atoms with van der Waals surface area (Å²) in [5.74, 6) is 0. The first-order valence-corrected chi connectivity index (χ1v) is 6.55. The van der Waals surface area contributed by atoms with Crippen molar-refractivity contribution in [3.8, 4) is 0 Å². The normalized spacial score (nSPS) is 17.9. The van der Waals surface area contributed by atoms with Crippen LogP contribution in [0.3, 0.4) is 0 Å². The molecule has 4 heteroatoms. The van der Waals surface area contributed by atoms with Crippen LogP contribution in [0, 0.1) is 0 Å². The highest BCUT2D eigenvalue weighted by Crippen LogP contribution is 2.15. The van der Waals surface area contributed by atoms with Crippen LogP contribution in [0.5, 0.6) is 0 Å². The van der Waals surface area contributed by atoms with E-state index >= 15 is 0 Å². The van der Waals surface area contributed by atoms with Gasteiger partial charge < -0.3 is 5.32 Å². The van der Waals surface area contributed by atoms with Gasteiger partial charge in [-0.3, -0.25) is 9.88 Å². The van der Waals surface area contributed by atoms with E-state index in [4.69, 9.17) is 0 Å². The molecule has 0 atom stereocenters. The fourth-order valence-electron chi connectivity index (χ4n) is 2.21. The van der Waals surface area contributed by atoms with Crippen LogP contribution in [0.25, 0.3) is 0 Å². The highest BCUT2D eigenvalue weighted by atomic mass is 79.9. The Balaban J connectivity index is 1.93. The molecule has 1 aliphatic rings. The second kappa shape index (κ2) is 5.75. The van der Waals surface area contributed by atoms with Crippen LogP contribution in [0.15, 0.2) is 22.9 Å². The first-order valence-electron chi connectivity index (χ1n) is 5.76. The summed E-state index contributed by atoms with van der Waals surface area (Å²) in [7, 11) is 2.21. The average molecular weight is 284 g/mol. The predicted molar refractivity (Wildman–Crippen MR) is 69.3 cm³/mol. The Hall–Kier alpha value is -0.450. The van der Waals surface area contributed by atoms with Crippen LogP contribution in [0.4, 0.5) is 0 Å². The van der Waals surface area contributed by atoms with Gasteiger partial charge in [0, 0.05) is 29.5 Å². The molecular weight excluding hydrogens is 266 g/mol. The maximum Gasteiger partial charge on any atom is 0.0410 e. The number of nitrogens with zero attached hydrogens (tertiary/aromatic N) is 2. The third-order valence-electron chi connectivity index (χ3n) is 3.13. The molecule has 2 rings (SSSR count). The monoisotopic (exact) mass is 283 g/mol. The van der Waals surface area contributed by atoms with Gasteiger partial charge in [-0.2, -0.15) is 0 Å². The van der Waals surface area contributed by atoms with Gasteiger partial charge in [-0.15, -0.1) is 0 Å². The summed E-state index contributed by atoms with van der Waals surface area (Å²) >= 11 is 3.46. The molecule has 1 aromatic rings. The lowest BCUT2D eigenvalue weighted by Gasteiger charge is -2.31. The Labute approximate surface area is 105 Å². The molecule has 0 aliphatic carbocycles. The molecule has 0 radical (unpaired) electrons. The zero-order valence-corrected chi connectivity index (χ0v) is 11.2. The zero-order valence-electron chi connectivity index (χ0n) is 9.62. The van der Waals surface area contributed by atoms with Gasteiger partial charge in [-0.25, -0.2) is 0 Å². The Morgan fingerprint density at radius 1 is 1.44 bits per heavy atom. The van der Waals surface area contributed by atoms with Crippen LogP contribution in [-0.4, -0.2) is 36.1 Å². The number of hydrogen-bond acceptors (Lipinski definition) is 3. The van der Waals surface area contributed by atoms with E-state index in [0.717, 1.165) is 24.1 Å². The fourth-order valence-corrected chi connectivity index (χ4v) is 2.62. The largest absolute Gasteiger partial charge is 0.317 e. The van der Waals surface area contributed by atoms with Gasteiger partial charge in [0.25, 0.3) is 0 Å². The van der Waals surface area contributed by atoms with E-state index in [-0.39, 0.29) is 0 Å². The third-order valence-corrected chi connectivity index (χ3v) is 3.56. The number of pyridine rings is 1. The van der Waals surface area contributed by atoms with Crippen LogP contribution in [0.1, 0.15) is 18.4 Å². The molecule has 3 nitrogen and oxygen atoms in total. The second-order valence-electron chi connectivity index (χ2n) is 4.41. The lowest BCUT2D eigenvalue weighted by molar-refractivity contribution is 0.191. The van der Waals surface area contributed by atoms with Crippen molar-refractivity contribution < 1.29 is 0 Å². The van der Waals surface area contributed by atoms with Crippen LogP contribution < -0.4 is 5.32 Å². The third kappa shape index (κ3) is 3.27. The van der Waals surface area contributed by atoms with Crippen molar-refractivity contribution in [1.82, 2.24) is 15.2 Å². The summed E-state index contributed by atoms with van der Waals surface area (Å²) < 4.78 is 1.06. The van der Waals surface area contributed by atoms with Crippen molar-refractivity contribution in [3.05, 3.63) is 28.5 Å². The summed E-state index contributed by atoms with van der Waals surface area (Å²) in [4.78, 5) is 6.63. The molecule has 88 valence electrons. The van der Waals surface area contributed by atoms with Gasteiger partial charge in [0.1, 0.15) is 0 Å². The minimum absolute atomic E-state index is 0.709. The van der Waals surface area contributed by atoms with E-state index in [2.05, 4.69) is 44.2 Å². The molecule has 1 aliphatic heterocycles. The molecule has 0 unspecified atom stereocenters. The lowest BCUT2D eigenvalue weighted by Crippen LogP contribution is -2.40. The maximum atomic E-state index is 4.20. The van der Waals surface area contributed by atoms with Crippen molar-refractivity contribution in [1.29, 1.82) is 0 Å².